The Hall–Kier alpha value is -0.610. The van der Waals surface area contributed by atoms with Crippen molar-refractivity contribution in [3.8, 4) is 0 Å². The van der Waals surface area contributed by atoms with E-state index >= 15 is 0 Å². The van der Waals surface area contributed by atoms with Gasteiger partial charge < -0.3 is 10.5 Å². The molecular formula is C15H25ClN2O. The first-order valence-corrected chi connectivity index (χ1v) is 7.22. The minimum Gasteiger partial charge on any atom is -0.383 e. The summed E-state index contributed by atoms with van der Waals surface area (Å²) in [6, 6.07) is 8.60. The summed E-state index contributed by atoms with van der Waals surface area (Å²) < 4.78 is 5.21. The van der Waals surface area contributed by atoms with Crippen molar-refractivity contribution in [1.82, 2.24) is 4.90 Å². The van der Waals surface area contributed by atoms with Gasteiger partial charge in [0.1, 0.15) is 0 Å². The van der Waals surface area contributed by atoms with Gasteiger partial charge in [0, 0.05) is 37.3 Å². The predicted molar refractivity (Wildman–Crippen MR) is 81.6 cm³/mol. The summed E-state index contributed by atoms with van der Waals surface area (Å²) in [7, 11) is 1.73. The lowest BCUT2D eigenvalue weighted by molar-refractivity contribution is 0.0902. The lowest BCUT2D eigenvalue weighted by Gasteiger charge is -2.35. The van der Waals surface area contributed by atoms with E-state index in [4.69, 9.17) is 22.1 Å². The Morgan fingerprint density at radius 3 is 2.68 bits per heavy atom. The Kier molecular flexibility index (Phi) is 7.39. The zero-order valence-electron chi connectivity index (χ0n) is 12.1. The molecule has 0 aliphatic heterocycles. The summed E-state index contributed by atoms with van der Waals surface area (Å²) in [5.41, 5.74) is 7.17. The molecular weight excluding hydrogens is 260 g/mol. The van der Waals surface area contributed by atoms with Crippen LogP contribution in [0.3, 0.4) is 0 Å². The van der Waals surface area contributed by atoms with E-state index in [1.54, 1.807) is 7.11 Å². The molecule has 19 heavy (non-hydrogen) atoms. The molecule has 0 amide bonds. The largest absolute Gasteiger partial charge is 0.383 e. The minimum absolute atomic E-state index is 0.184. The SMILES string of the molecule is CCC(C)N(CCOC)C(CN)c1cccc(Cl)c1. The molecule has 0 aliphatic carbocycles. The van der Waals surface area contributed by atoms with Crippen LogP contribution in [-0.4, -0.2) is 37.7 Å². The highest BCUT2D eigenvalue weighted by Crippen LogP contribution is 2.25. The van der Waals surface area contributed by atoms with Gasteiger partial charge in [0.05, 0.1) is 6.61 Å². The van der Waals surface area contributed by atoms with Crippen molar-refractivity contribution >= 4 is 11.6 Å². The zero-order chi connectivity index (χ0) is 14.3. The molecule has 0 heterocycles. The normalized spacial score (nSPS) is 14.6. The van der Waals surface area contributed by atoms with Crippen molar-refractivity contribution in [2.75, 3.05) is 26.8 Å². The second-order valence-electron chi connectivity index (χ2n) is 4.79. The van der Waals surface area contributed by atoms with Crippen molar-refractivity contribution in [1.29, 1.82) is 0 Å². The summed E-state index contributed by atoms with van der Waals surface area (Å²) in [6.45, 7) is 6.58. The number of hydrogen-bond donors (Lipinski definition) is 1. The highest BCUT2D eigenvalue weighted by molar-refractivity contribution is 6.30. The Balaban J connectivity index is 2.94. The van der Waals surface area contributed by atoms with Crippen LogP contribution in [0.1, 0.15) is 31.9 Å². The average Bonchev–Trinajstić information content (AvgIpc) is 2.42. The molecule has 0 spiro atoms. The quantitative estimate of drug-likeness (QED) is 0.797. The summed E-state index contributed by atoms with van der Waals surface area (Å²) >= 11 is 6.08. The third-order valence-corrected chi connectivity index (χ3v) is 3.80. The molecule has 1 rings (SSSR count). The van der Waals surface area contributed by atoms with Gasteiger partial charge in [-0.05, 0) is 31.0 Å². The molecule has 1 aromatic rings. The van der Waals surface area contributed by atoms with Crippen molar-refractivity contribution in [2.24, 2.45) is 5.73 Å². The van der Waals surface area contributed by atoms with Crippen LogP contribution in [0.15, 0.2) is 24.3 Å². The topological polar surface area (TPSA) is 38.5 Å². The number of benzene rings is 1. The molecule has 0 radical (unpaired) electrons. The van der Waals surface area contributed by atoms with Crippen LogP contribution in [0.25, 0.3) is 0 Å². The van der Waals surface area contributed by atoms with Gasteiger partial charge in [-0.25, -0.2) is 0 Å². The van der Waals surface area contributed by atoms with E-state index in [2.05, 4.69) is 24.8 Å². The molecule has 3 nitrogen and oxygen atoms in total. The van der Waals surface area contributed by atoms with E-state index < -0.39 is 0 Å². The molecule has 2 atom stereocenters. The Morgan fingerprint density at radius 2 is 2.16 bits per heavy atom. The first kappa shape index (κ1) is 16.4. The van der Waals surface area contributed by atoms with Crippen LogP contribution in [0.2, 0.25) is 5.02 Å². The highest BCUT2D eigenvalue weighted by atomic mass is 35.5. The standard InChI is InChI=1S/C15H25ClN2O/c1-4-12(2)18(8-9-19-3)15(11-17)13-6-5-7-14(16)10-13/h5-7,10,12,15H,4,8-9,11,17H2,1-3H3. The minimum atomic E-state index is 0.184. The number of nitrogens with zero attached hydrogens (tertiary/aromatic N) is 1. The fourth-order valence-corrected chi connectivity index (χ4v) is 2.49. The number of rotatable bonds is 8. The van der Waals surface area contributed by atoms with Crippen LogP contribution in [0.5, 0.6) is 0 Å². The highest BCUT2D eigenvalue weighted by Gasteiger charge is 2.22. The molecule has 0 fully saturated rings. The van der Waals surface area contributed by atoms with Gasteiger partial charge in [0.25, 0.3) is 0 Å². The molecule has 1 aromatic carbocycles. The Labute approximate surface area is 121 Å². The van der Waals surface area contributed by atoms with E-state index in [1.807, 2.05) is 18.2 Å². The lowest BCUT2D eigenvalue weighted by atomic mass is 10.0. The fraction of sp³-hybridized carbons (Fsp3) is 0.600. The van der Waals surface area contributed by atoms with E-state index in [0.717, 1.165) is 18.0 Å². The number of nitrogens with two attached hydrogens (primary N) is 1. The summed E-state index contributed by atoms with van der Waals surface area (Å²) in [6.07, 6.45) is 1.08. The second-order valence-corrected chi connectivity index (χ2v) is 5.23. The summed E-state index contributed by atoms with van der Waals surface area (Å²) in [5.74, 6) is 0. The van der Waals surface area contributed by atoms with Gasteiger partial charge in [0.15, 0.2) is 0 Å². The van der Waals surface area contributed by atoms with E-state index in [9.17, 15) is 0 Å². The van der Waals surface area contributed by atoms with Crippen LogP contribution in [-0.2, 0) is 4.74 Å². The number of hydrogen-bond acceptors (Lipinski definition) is 3. The van der Waals surface area contributed by atoms with Gasteiger partial charge in [-0.1, -0.05) is 30.7 Å². The summed E-state index contributed by atoms with van der Waals surface area (Å²) in [4.78, 5) is 2.40. The maximum atomic E-state index is 6.08. The van der Waals surface area contributed by atoms with Crippen LogP contribution < -0.4 is 5.73 Å². The molecule has 0 saturated heterocycles. The van der Waals surface area contributed by atoms with Crippen molar-refractivity contribution in [3.05, 3.63) is 34.9 Å². The Bertz CT molecular complexity index is 373. The lowest BCUT2D eigenvalue weighted by Crippen LogP contribution is -2.41. The van der Waals surface area contributed by atoms with Crippen molar-refractivity contribution in [3.63, 3.8) is 0 Å². The van der Waals surface area contributed by atoms with Crippen molar-refractivity contribution < 1.29 is 4.74 Å². The molecule has 2 N–H and O–H groups in total. The molecule has 4 heteroatoms. The van der Waals surface area contributed by atoms with Crippen LogP contribution in [0, 0.1) is 0 Å². The van der Waals surface area contributed by atoms with Gasteiger partial charge in [-0.15, -0.1) is 0 Å². The number of methoxy groups -OCH3 is 1. The molecule has 2 unspecified atom stereocenters. The maximum absolute atomic E-state index is 6.08. The first-order chi connectivity index (χ1) is 9.13. The van der Waals surface area contributed by atoms with E-state index in [-0.39, 0.29) is 6.04 Å². The second kappa shape index (κ2) is 8.54. The monoisotopic (exact) mass is 284 g/mol. The van der Waals surface area contributed by atoms with Crippen LogP contribution in [0.4, 0.5) is 0 Å². The van der Waals surface area contributed by atoms with E-state index in [1.165, 1.54) is 5.56 Å². The number of ether oxygens (including phenoxy) is 1. The summed E-state index contributed by atoms with van der Waals surface area (Å²) in [5, 5.41) is 0.756. The van der Waals surface area contributed by atoms with Gasteiger partial charge in [-0.3, -0.25) is 4.90 Å². The Morgan fingerprint density at radius 1 is 1.42 bits per heavy atom. The van der Waals surface area contributed by atoms with Gasteiger partial charge in [0.2, 0.25) is 0 Å². The van der Waals surface area contributed by atoms with Gasteiger partial charge >= 0.3 is 0 Å². The fourth-order valence-electron chi connectivity index (χ4n) is 2.29. The molecule has 0 aromatic heterocycles. The smallest absolute Gasteiger partial charge is 0.0590 e. The first-order valence-electron chi connectivity index (χ1n) is 6.84. The van der Waals surface area contributed by atoms with E-state index in [0.29, 0.717) is 19.2 Å². The third-order valence-electron chi connectivity index (χ3n) is 3.57. The molecule has 0 saturated carbocycles. The molecule has 108 valence electrons. The average molecular weight is 285 g/mol. The third kappa shape index (κ3) is 4.77. The van der Waals surface area contributed by atoms with Crippen molar-refractivity contribution in [2.45, 2.75) is 32.4 Å². The van der Waals surface area contributed by atoms with Crippen LogP contribution >= 0.6 is 11.6 Å². The zero-order valence-corrected chi connectivity index (χ0v) is 12.9. The molecule has 0 bridgehead atoms. The maximum Gasteiger partial charge on any atom is 0.0590 e. The number of halogens is 1. The predicted octanol–water partition coefficient (Wildman–Crippen LogP) is 3.09. The molecule has 0 aliphatic rings. The van der Waals surface area contributed by atoms with Gasteiger partial charge in [-0.2, -0.15) is 0 Å².